The minimum Gasteiger partial charge on any atom is -0.468 e. The number of hydrogen-bond acceptors (Lipinski definition) is 4. The molecule has 0 bridgehead atoms. The Morgan fingerprint density at radius 3 is 2.82 bits per heavy atom. The number of aromatic nitrogens is 2. The van der Waals surface area contributed by atoms with E-state index in [1.54, 1.807) is 6.20 Å². The van der Waals surface area contributed by atoms with Crippen LogP contribution in [-0.2, 0) is 21.4 Å². The molecule has 4 heteroatoms. The molecule has 0 aliphatic heterocycles. The molecule has 1 aromatic heterocycles. The van der Waals surface area contributed by atoms with Gasteiger partial charge in [-0.2, -0.15) is 0 Å². The summed E-state index contributed by atoms with van der Waals surface area (Å²) in [6, 6.07) is 1.91. The summed E-state index contributed by atoms with van der Waals surface area (Å²) in [5.41, 5.74) is 0.436. The fourth-order valence-electron chi connectivity index (χ4n) is 2.27. The molecule has 1 aromatic rings. The lowest BCUT2D eigenvalue weighted by molar-refractivity contribution is -0.151. The quantitative estimate of drug-likeness (QED) is 0.748. The molecule has 0 radical (unpaired) electrons. The number of methoxy groups -OCH3 is 1. The molecule has 0 unspecified atom stereocenters. The normalized spacial score (nSPS) is 17.3. The highest BCUT2D eigenvalue weighted by molar-refractivity contribution is 5.83. The van der Waals surface area contributed by atoms with Crippen LogP contribution in [0.3, 0.4) is 0 Å². The van der Waals surface area contributed by atoms with E-state index in [0.717, 1.165) is 37.8 Å². The lowest BCUT2D eigenvalue weighted by atomic mass is 9.68. The molecule has 0 N–H and O–H groups in total. The van der Waals surface area contributed by atoms with Crippen LogP contribution in [0.25, 0.3) is 0 Å². The van der Waals surface area contributed by atoms with Crippen molar-refractivity contribution in [3.05, 3.63) is 23.8 Å². The van der Waals surface area contributed by atoms with E-state index in [1.807, 2.05) is 6.07 Å². The van der Waals surface area contributed by atoms with Crippen molar-refractivity contribution in [1.29, 1.82) is 0 Å². The molecule has 0 aromatic carbocycles. The van der Waals surface area contributed by atoms with Crippen LogP contribution in [0, 0.1) is 0 Å². The molecule has 1 heterocycles. The SMILES string of the molecule is CCCc1ccnc(C2(C(=O)OC)CCC2)n1. The van der Waals surface area contributed by atoms with E-state index in [9.17, 15) is 4.79 Å². The smallest absolute Gasteiger partial charge is 0.319 e. The fourth-order valence-corrected chi connectivity index (χ4v) is 2.27. The molecule has 1 fully saturated rings. The summed E-state index contributed by atoms with van der Waals surface area (Å²) in [6.45, 7) is 2.11. The first-order valence-corrected chi connectivity index (χ1v) is 6.14. The van der Waals surface area contributed by atoms with Crippen molar-refractivity contribution in [1.82, 2.24) is 9.97 Å². The molecule has 1 saturated carbocycles. The maximum atomic E-state index is 11.9. The molecule has 0 amide bonds. The molecule has 17 heavy (non-hydrogen) atoms. The maximum Gasteiger partial charge on any atom is 0.319 e. The van der Waals surface area contributed by atoms with Gasteiger partial charge in [0.15, 0.2) is 0 Å². The minimum absolute atomic E-state index is 0.197. The lowest BCUT2D eigenvalue weighted by Gasteiger charge is -2.37. The van der Waals surface area contributed by atoms with Crippen molar-refractivity contribution in [2.75, 3.05) is 7.11 Å². The lowest BCUT2D eigenvalue weighted by Crippen LogP contribution is -2.44. The van der Waals surface area contributed by atoms with Crippen molar-refractivity contribution < 1.29 is 9.53 Å². The van der Waals surface area contributed by atoms with Crippen LogP contribution in [0.4, 0.5) is 0 Å². The Bertz CT molecular complexity index is 414. The summed E-state index contributed by atoms with van der Waals surface area (Å²) in [5.74, 6) is 0.443. The first-order valence-electron chi connectivity index (χ1n) is 6.14. The average molecular weight is 234 g/mol. The Balaban J connectivity index is 2.31. The van der Waals surface area contributed by atoms with Crippen molar-refractivity contribution in [2.24, 2.45) is 0 Å². The number of nitrogens with zero attached hydrogens (tertiary/aromatic N) is 2. The van der Waals surface area contributed by atoms with Crippen LogP contribution < -0.4 is 0 Å². The fraction of sp³-hybridized carbons (Fsp3) is 0.615. The van der Waals surface area contributed by atoms with Crippen molar-refractivity contribution in [3.63, 3.8) is 0 Å². The van der Waals surface area contributed by atoms with Crippen molar-refractivity contribution in [2.45, 2.75) is 44.4 Å². The Morgan fingerprint density at radius 1 is 1.53 bits per heavy atom. The average Bonchev–Trinajstić information content (AvgIpc) is 2.28. The number of aryl methyl sites for hydroxylation is 1. The maximum absolute atomic E-state index is 11.9. The third-order valence-corrected chi connectivity index (χ3v) is 3.43. The standard InChI is InChI=1S/C13H18N2O2/c1-3-5-10-6-9-14-11(15-10)13(7-4-8-13)12(16)17-2/h6,9H,3-5,7-8H2,1-2H3. The van der Waals surface area contributed by atoms with Gasteiger partial charge < -0.3 is 4.74 Å². The number of rotatable bonds is 4. The second kappa shape index (κ2) is 4.82. The van der Waals surface area contributed by atoms with E-state index in [2.05, 4.69) is 16.9 Å². The zero-order valence-corrected chi connectivity index (χ0v) is 10.4. The third kappa shape index (κ3) is 2.04. The Morgan fingerprint density at radius 2 is 2.29 bits per heavy atom. The second-order valence-corrected chi connectivity index (χ2v) is 4.55. The van der Waals surface area contributed by atoms with E-state index >= 15 is 0 Å². The highest BCUT2D eigenvalue weighted by atomic mass is 16.5. The molecular weight excluding hydrogens is 216 g/mol. The zero-order chi connectivity index (χ0) is 12.3. The molecular formula is C13H18N2O2. The summed E-state index contributed by atoms with van der Waals surface area (Å²) >= 11 is 0. The van der Waals surface area contributed by atoms with E-state index in [4.69, 9.17) is 4.74 Å². The molecule has 2 rings (SSSR count). The van der Waals surface area contributed by atoms with Crippen LogP contribution in [0.2, 0.25) is 0 Å². The molecule has 0 saturated heterocycles. The molecule has 0 atom stereocenters. The van der Waals surface area contributed by atoms with Crippen LogP contribution in [0.1, 0.15) is 44.1 Å². The molecule has 0 spiro atoms. The number of carbonyl (C=O) groups excluding carboxylic acids is 1. The van der Waals surface area contributed by atoms with Crippen LogP contribution in [-0.4, -0.2) is 23.0 Å². The monoisotopic (exact) mass is 234 g/mol. The van der Waals surface area contributed by atoms with Gasteiger partial charge in [0, 0.05) is 11.9 Å². The predicted octanol–water partition coefficient (Wildman–Crippen LogP) is 2.02. The van der Waals surface area contributed by atoms with Gasteiger partial charge in [0.1, 0.15) is 11.2 Å². The highest BCUT2D eigenvalue weighted by Gasteiger charge is 2.49. The summed E-state index contributed by atoms with van der Waals surface area (Å²) in [6.07, 6.45) is 6.35. The van der Waals surface area contributed by atoms with Gasteiger partial charge in [-0.15, -0.1) is 0 Å². The Hall–Kier alpha value is -1.45. The van der Waals surface area contributed by atoms with Crippen molar-refractivity contribution >= 4 is 5.97 Å². The van der Waals surface area contributed by atoms with Gasteiger partial charge in [0.05, 0.1) is 7.11 Å². The van der Waals surface area contributed by atoms with Gasteiger partial charge in [-0.05, 0) is 25.3 Å². The van der Waals surface area contributed by atoms with Gasteiger partial charge in [0.2, 0.25) is 0 Å². The topological polar surface area (TPSA) is 52.1 Å². The third-order valence-electron chi connectivity index (χ3n) is 3.43. The molecule has 4 nitrogen and oxygen atoms in total. The summed E-state index contributed by atoms with van der Waals surface area (Å²) in [7, 11) is 1.43. The number of carbonyl (C=O) groups is 1. The molecule has 1 aliphatic carbocycles. The second-order valence-electron chi connectivity index (χ2n) is 4.55. The van der Waals surface area contributed by atoms with Crippen LogP contribution >= 0.6 is 0 Å². The van der Waals surface area contributed by atoms with Crippen LogP contribution in [0.5, 0.6) is 0 Å². The Kier molecular flexibility index (Phi) is 3.41. The zero-order valence-electron chi connectivity index (χ0n) is 10.4. The van der Waals surface area contributed by atoms with E-state index in [-0.39, 0.29) is 5.97 Å². The van der Waals surface area contributed by atoms with Gasteiger partial charge in [-0.3, -0.25) is 4.79 Å². The van der Waals surface area contributed by atoms with Crippen molar-refractivity contribution in [3.8, 4) is 0 Å². The highest BCUT2D eigenvalue weighted by Crippen LogP contribution is 2.43. The van der Waals surface area contributed by atoms with E-state index in [0.29, 0.717) is 5.82 Å². The summed E-state index contributed by atoms with van der Waals surface area (Å²) in [4.78, 5) is 20.7. The number of ether oxygens (including phenoxy) is 1. The van der Waals surface area contributed by atoms with Crippen LogP contribution in [0.15, 0.2) is 12.3 Å². The number of hydrogen-bond donors (Lipinski definition) is 0. The summed E-state index contributed by atoms with van der Waals surface area (Å²) < 4.78 is 4.89. The van der Waals surface area contributed by atoms with E-state index in [1.165, 1.54) is 7.11 Å². The number of esters is 1. The first-order chi connectivity index (χ1) is 8.23. The predicted molar refractivity (Wildman–Crippen MR) is 63.6 cm³/mol. The minimum atomic E-state index is -0.571. The van der Waals surface area contributed by atoms with E-state index < -0.39 is 5.41 Å². The Labute approximate surface area is 101 Å². The van der Waals surface area contributed by atoms with Gasteiger partial charge in [-0.25, -0.2) is 9.97 Å². The first kappa shape index (κ1) is 12.0. The van der Waals surface area contributed by atoms with Gasteiger partial charge in [-0.1, -0.05) is 19.8 Å². The van der Waals surface area contributed by atoms with Gasteiger partial charge in [0.25, 0.3) is 0 Å². The largest absolute Gasteiger partial charge is 0.468 e. The van der Waals surface area contributed by atoms with Gasteiger partial charge >= 0.3 is 5.97 Å². The molecule has 1 aliphatic rings. The molecule has 92 valence electrons. The summed E-state index contributed by atoms with van der Waals surface area (Å²) in [5, 5.41) is 0.